The SMILES string of the molecule is COCCNCc1ncoc1-c1cc(F)c(Cl)cc1F. The molecule has 0 saturated heterocycles. The minimum absolute atomic E-state index is 0.00654. The van der Waals surface area contributed by atoms with Crippen LogP contribution in [0.3, 0.4) is 0 Å². The Hall–Kier alpha value is -1.50. The van der Waals surface area contributed by atoms with Gasteiger partial charge in [-0.25, -0.2) is 13.8 Å². The molecule has 0 bridgehead atoms. The van der Waals surface area contributed by atoms with Gasteiger partial charge in [0.25, 0.3) is 0 Å². The van der Waals surface area contributed by atoms with Gasteiger partial charge in [0.15, 0.2) is 12.2 Å². The van der Waals surface area contributed by atoms with Gasteiger partial charge in [0.1, 0.15) is 17.3 Å². The van der Waals surface area contributed by atoms with Gasteiger partial charge in [0, 0.05) is 20.2 Å². The zero-order valence-electron chi connectivity index (χ0n) is 10.8. The van der Waals surface area contributed by atoms with E-state index in [1.165, 1.54) is 6.39 Å². The van der Waals surface area contributed by atoms with E-state index in [2.05, 4.69) is 10.3 Å². The second-order valence-corrected chi connectivity index (χ2v) is 4.45. The van der Waals surface area contributed by atoms with Gasteiger partial charge in [-0.2, -0.15) is 0 Å². The number of benzene rings is 1. The van der Waals surface area contributed by atoms with Crippen LogP contribution in [0, 0.1) is 11.6 Å². The molecule has 0 radical (unpaired) electrons. The van der Waals surface area contributed by atoms with Crippen molar-refractivity contribution in [3.05, 3.63) is 40.9 Å². The van der Waals surface area contributed by atoms with Gasteiger partial charge in [-0.1, -0.05) is 11.6 Å². The summed E-state index contributed by atoms with van der Waals surface area (Å²) in [6, 6.07) is 1.91. The summed E-state index contributed by atoms with van der Waals surface area (Å²) < 4.78 is 37.3. The van der Waals surface area contributed by atoms with Crippen LogP contribution < -0.4 is 5.32 Å². The third-order valence-electron chi connectivity index (χ3n) is 2.67. The number of aromatic nitrogens is 1. The molecule has 20 heavy (non-hydrogen) atoms. The maximum absolute atomic E-state index is 13.8. The van der Waals surface area contributed by atoms with Crippen molar-refractivity contribution in [1.29, 1.82) is 0 Å². The molecule has 108 valence electrons. The first-order valence-corrected chi connectivity index (χ1v) is 6.28. The molecule has 1 N–H and O–H groups in total. The van der Waals surface area contributed by atoms with Crippen molar-refractivity contribution in [3.8, 4) is 11.3 Å². The van der Waals surface area contributed by atoms with E-state index in [1.807, 2.05) is 0 Å². The molecule has 0 spiro atoms. The number of ether oxygens (including phenoxy) is 1. The van der Waals surface area contributed by atoms with Crippen LogP contribution in [-0.4, -0.2) is 25.2 Å². The molecule has 1 aromatic heterocycles. The monoisotopic (exact) mass is 302 g/mol. The number of halogens is 3. The second-order valence-electron chi connectivity index (χ2n) is 4.04. The number of nitrogens with zero attached hydrogens (tertiary/aromatic N) is 1. The molecule has 0 atom stereocenters. The third-order valence-corrected chi connectivity index (χ3v) is 2.96. The average Bonchev–Trinajstić information content (AvgIpc) is 2.87. The molecule has 2 aromatic rings. The Kier molecular flexibility index (Phi) is 5.05. The topological polar surface area (TPSA) is 47.3 Å². The minimum Gasteiger partial charge on any atom is -0.443 e. The summed E-state index contributed by atoms with van der Waals surface area (Å²) in [6.45, 7) is 1.51. The summed E-state index contributed by atoms with van der Waals surface area (Å²) in [6.07, 6.45) is 1.19. The van der Waals surface area contributed by atoms with Gasteiger partial charge in [-0.15, -0.1) is 0 Å². The van der Waals surface area contributed by atoms with E-state index >= 15 is 0 Å². The number of nitrogens with one attached hydrogen (secondary N) is 1. The van der Waals surface area contributed by atoms with Crippen molar-refractivity contribution in [3.63, 3.8) is 0 Å². The molecular formula is C13H13ClF2N2O2. The highest BCUT2D eigenvalue weighted by atomic mass is 35.5. The van der Waals surface area contributed by atoms with E-state index in [-0.39, 0.29) is 16.3 Å². The van der Waals surface area contributed by atoms with Crippen LogP contribution in [-0.2, 0) is 11.3 Å². The molecule has 0 amide bonds. The first kappa shape index (κ1) is 14.9. The summed E-state index contributed by atoms with van der Waals surface area (Å²) in [4.78, 5) is 3.99. The van der Waals surface area contributed by atoms with Crippen LogP contribution in [0.4, 0.5) is 8.78 Å². The van der Waals surface area contributed by atoms with Crippen LogP contribution in [0.5, 0.6) is 0 Å². The molecular weight excluding hydrogens is 290 g/mol. The normalized spacial score (nSPS) is 11.0. The highest BCUT2D eigenvalue weighted by molar-refractivity contribution is 6.30. The number of methoxy groups -OCH3 is 1. The van der Waals surface area contributed by atoms with Crippen LogP contribution in [0.25, 0.3) is 11.3 Å². The molecule has 0 unspecified atom stereocenters. The lowest BCUT2D eigenvalue weighted by Gasteiger charge is -2.05. The summed E-state index contributed by atoms with van der Waals surface area (Å²) in [5.41, 5.74) is 0.481. The Morgan fingerprint density at radius 1 is 1.35 bits per heavy atom. The highest BCUT2D eigenvalue weighted by Crippen LogP contribution is 2.29. The molecule has 2 rings (SSSR count). The summed E-state index contributed by atoms with van der Waals surface area (Å²) in [5.74, 6) is -1.19. The highest BCUT2D eigenvalue weighted by Gasteiger charge is 2.17. The largest absolute Gasteiger partial charge is 0.443 e. The van der Waals surface area contributed by atoms with Crippen molar-refractivity contribution >= 4 is 11.6 Å². The maximum atomic E-state index is 13.8. The summed E-state index contributed by atoms with van der Waals surface area (Å²) in [7, 11) is 1.59. The number of rotatable bonds is 6. The zero-order chi connectivity index (χ0) is 14.5. The van der Waals surface area contributed by atoms with E-state index in [0.29, 0.717) is 25.4 Å². The lowest BCUT2D eigenvalue weighted by molar-refractivity contribution is 0.199. The van der Waals surface area contributed by atoms with Gasteiger partial charge >= 0.3 is 0 Å². The van der Waals surface area contributed by atoms with E-state index in [1.54, 1.807) is 7.11 Å². The molecule has 0 aliphatic rings. The summed E-state index contributed by atoms with van der Waals surface area (Å²) >= 11 is 5.52. The Balaban J connectivity index is 2.21. The van der Waals surface area contributed by atoms with Gasteiger partial charge in [0.05, 0.1) is 17.2 Å². The lowest BCUT2D eigenvalue weighted by Crippen LogP contribution is -2.19. The molecule has 1 aromatic carbocycles. The van der Waals surface area contributed by atoms with Crippen LogP contribution in [0.1, 0.15) is 5.69 Å². The Labute approximate surface area is 119 Å². The van der Waals surface area contributed by atoms with E-state index in [9.17, 15) is 8.78 Å². The molecule has 0 fully saturated rings. The maximum Gasteiger partial charge on any atom is 0.181 e. The van der Waals surface area contributed by atoms with Crippen LogP contribution in [0.2, 0.25) is 5.02 Å². The van der Waals surface area contributed by atoms with Crippen LogP contribution >= 0.6 is 11.6 Å². The lowest BCUT2D eigenvalue weighted by atomic mass is 10.1. The smallest absolute Gasteiger partial charge is 0.181 e. The average molecular weight is 303 g/mol. The molecule has 4 nitrogen and oxygen atoms in total. The number of hydrogen-bond donors (Lipinski definition) is 1. The molecule has 0 aliphatic heterocycles. The van der Waals surface area contributed by atoms with Gasteiger partial charge < -0.3 is 14.5 Å². The van der Waals surface area contributed by atoms with Crippen molar-refractivity contribution in [2.24, 2.45) is 0 Å². The summed E-state index contributed by atoms with van der Waals surface area (Å²) in [5, 5.41) is 2.78. The Morgan fingerprint density at radius 3 is 2.90 bits per heavy atom. The first-order chi connectivity index (χ1) is 9.63. The number of oxazole rings is 1. The Morgan fingerprint density at radius 2 is 2.15 bits per heavy atom. The molecule has 0 saturated carbocycles. The van der Waals surface area contributed by atoms with Crippen LogP contribution in [0.15, 0.2) is 22.9 Å². The van der Waals surface area contributed by atoms with E-state index < -0.39 is 11.6 Å². The number of hydrogen-bond acceptors (Lipinski definition) is 4. The molecule has 0 aliphatic carbocycles. The van der Waals surface area contributed by atoms with Gasteiger partial charge in [-0.3, -0.25) is 0 Å². The fourth-order valence-corrected chi connectivity index (χ4v) is 1.84. The zero-order valence-corrected chi connectivity index (χ0v) is 11.5. The standard InChI is InChI=1S/C13H13ClF2N2O2/c1-19-3-2-17-6-12-13(20-7-18-12)8-4-11(16)9(14)5-10(8)15/h4-5,7,17H,2-3,6H2,1H3. The van der Waals surface area contributed by atoms with Crippen molar-refractivity contribution in [2.75, 3.05) is 20.3 Å². The van der Waals surface area contributed by atoms with Crippen molar-refractivity contribution < 1.29 is 17.9 Å². The Bertz CT molecular complexity index is 590. The van der Waals surface area contributed by atoms with Crippen molar-refractivity contribution in [2.45, 2.75) is 6.54 Å². The van der Waals surface area contributed by atoms with Gasteiger partial charge in [0.2, 0.25) is 0 Å². The third kappa shape index (κ3) is 3.33. The fourth-order valence-electron chi connectivity index (χ4n) is 1.69. The first-order valence-electron chi connectivity index (χ1n) is 5.90. The quantitative estimate of drug-likeness (QED) is 0.658. The van der Waals surface area contributed by atoms with Crippen molar-refractivity contribution in [1.82, 2.24) is 10.3 Å². The predicted molar refractivity (Wildman–Crippen MR) is 70.4 cm³/mol. The minimum atomic E-state index is -0.710. The second kappa shape index (κ2) is 6.78. The van der Waals surface area contributed by atoms with E-state index in [0.717, 1.165) is 12.1 Å². The fraction of sp³-hybridized carbons (Fsp3) is 0.308. The van der Waals surface area contributed by atoms with E-state index in [4.69, 9.17) is 20.8 Å². The predicted octanol–water partition coefficient (Wildman–Crippen LogP) is 3.01. The molecule has 1 heterocycles. The van der Waals surface area contributed by atoms with Gasteiger partial charge in [-0.05, 0) is 12.1 Å². The molecule has 7 heteroatoms.